The van der Waals surface area contributed by atoms with Crippen molar-refractivity contribution in [2.75, 3.05) is 13.1 Å². The van der Waals surface area contributed by atoms with E-state index in [0.717, 1.165) is 33.5 Å². The van der Waals surface area contributed by atoms with Gasteiger partial charge in [-0.3, -0.25) is 20.0 Å². The van der Waals surface area contributed by atoms with Crippen LogP contribution in [0.3, 0.4) is 0 Å². The molecule has 4 rings (SSSR count). The van der Waals surface area contributed by atoms with Crippen LogP contribution >= 0.6 is 0 Å². The van der Waals surface area contributed by atoms with Crippen molar-refractivity contribution in [3.8, 4) is 0 Å². The molecule has 126 valence electrons. The van der Waals surface area contributed by atoms with E-state index in [1.165, 1.54) is 0 Å². The first-order valence-electron chi connectivity index (χ1n) is 8.32. The van der Waals surface area contributed by atoms with Crippen molar-refractivity contribution in [3.63, 3.8) is 0 Å². The molecule has 0 aliphatic heterocycles. The molecule has 2 heterocycles. The van der Waals surface area contributed by atoms with Crippen molar-refractivity contribution < 1.29 is 0 Å². The van der Waals surface area contributed by atoms with Crippen LogP contribution in [-0.2, 0) is 0 Å². The van der Waals surface area contributed by atoms with E-state index in [4.69, 9.17) is 0 Å². The number of hydrogen-bond donors (Lipinski definition) is 0. The van der Waals surface area contributed by atoms with Crippen LogP contribution in [0.4, 0.5) is 0 Å². The van der Waals surface area contributed by atoms with Crippen LogP contribution in [0, 0.1) is 0 Å². The maximum atomic E-state index is 4.50. The van der Waals surface area contributed by atoms with E-state index in [0.29, 0.717) is 13.1 Å². The van der Waals surface area contributed by atoms with Gasteiger partial charge in [-0.15, -0.1) is 0 Å². The lowest BCUT2D eigenvalue weighted by Crippen LogP contribution is -1.95. The summed E-state index contributed by atoms with van der Waals surface area (Å²) in [6, 6.07) is 15.5. The Hall–Kier alpha value is -3.54. The Labute approximate surface area is 150 Å². The van der Waals surface area contributed by atoms with Crippen molar-refractivity contribution >= 4 is 34.5 Å². The van der Waals surface area contributed by atoms with Gasteiger partial charge < -0.3 is 0 Å². The first-order chi connectivity index (χ1) is 12.9. The summed E-state index contributed by atoms with van der Waals surface area (Å²) in [5, 5.41) is 0. The Morgan fingerprint density at radius 2 is 1.04 bits per heavy atom. The highest BCUT2D eigenvalue weighted by atomic mass is 14.9. The van der Waals surface area contributed by atoms with E-state index in [1.807, 2.05) is 48.5 Å². The molecule has 0 atom stereocenters. The molecule has 6 heteroatoms. The van der Waals surface area contributed by atoms with Gasteiger partial charge in [0, 0.05) is 12.4 Å². The largest absolute Gasteiger partial charge is 0.289 e. The van der Waals surface area contributed by atoms with Gasteiger partial charge in [0.25, 0.3) is 0 Å². The summed E-state index contributed by atoms with van der Waals surface area (Å²) in [5.41, 5.74) is 4.98. The van der Waals surface area contributed by atoms with E-state index in [1.54, 1.807) is 24.8 Å². The van der Waals surface area contributed by atoms with Crippen molar-refractivity contribution in [3.05, 3.63) is 72.3 Å². The van der Waals surface area contributed by atoms with E-state index in [9.17, 15) is 0 Å². The Bertz CT molecular complexity index is 1010. The lowest BCUT2D eigenvalue weighted by atomic mass is 10.3. The SMILES string of the molecule is C(=NCCN=Cc1cnc2ccccc2n1)c1cnc2ccccc2n1. The molecule has 0 unspecified atom stereocenters. The highest BCUT2D eigenvalue weighted by Gasteiger charge is 1.97. The minimum Gasteiger partial charge on any atom is -0.289 e. The van der Waals surface area contributed by atoms with Gasteiger partial charge in [-0.25, -0.2) is 9.97 Å². The summed E-state index contributed by atoms with van der Waals surface area (Å²) in [6.07, 6.45) is 6.90. The molecule has 0 saturated carbocycles. The summed E-state index contributed by atoms with van der Waals surface area (Å²) in [6.45, 7) is 1.15. The molecule has 2 aromatic heterocycles. The molecule has 0 aliphatic rings. The van der Waals surface area contributed by atoms with Gasteiger partial charge in [-0.05, 0) is 24.3 Å². The third-order valence-electron chi connectivity index (χ3n) is 3.74. The Balaban J connectivity index is 1.34. The molecule has 0 saturated heterocycles. The third-order valence-corrected chi connectivity index (χ3v) is 3.74. The number of benzene rings is 2. The topological polar surface area (TPSA) is 76.3 Å². The monoisotopic (exact) mass is 340 g/mol. The summed E-state index contributed by atoms with van der Waals surface area (Å²) < 4.78 is 0. The molecule has 0 spiro atoms. The molecule has 0 fully saturated rings. The molecule has 0 radical (unpaired) electrons. The average molecular weight is 340 g/mol. The molecule has 26 heavy (non-hydrogen) atoms. The second-order valence-electron chi connectivity index (χ2n) is 5.64. The first kappa shape index (κ1) is 16.0. The van der Waals surface area contributed by atoms with E-state index >= 15 is 0 Å². The van der Waals surface area contributed by atoms with Crippen molar-refractivity contribution in [2.24, 2.45) is 9.98 Å². The fourth-order valence-corrected chi connectivity index (χ4v) is 2.50. The number of aliphatic imine (C=N–C) groups is 2. The van der Waals surface area contributed by atoms with Gasteiger partial charge in [0.15, 0.2) is 0 Å². The van der Waals surface area contributed by atoms with Crippen molar-refractivity contribution in [1.29, 1.82) is 0 Å². The molecule has 2 aromatic carbocycles. The summed E-state index contributed by atoms with van der Waals surface area (Å²) in [5.74, 6) is 0. The summed E-state index contributed by atoms with van der Waals surface area (Å²) in [7, 11) is 0. The Morgan fingerprint density at radius 3 is 1.50 bits per heavy atom. The Kier molecular flexibility index (Phi) is 4.64. The fourth-order valence-electron chi connectivity index (χ4n) is 2.50. The number of fused-ring (bicyclic) bond motifs is 2. The third kappa shape index (κ3) is 3.75. The van der Waals surface area contributed by atoms with Crippen LogP contribution in [0.25, 0.3) is 22.1 Å². The Morgan fingerprint density at radius 1 is 0.615 bits per heavy atom. The van der Waals surface area contributed by atoms with Gasteiger partial charge in [0.1, 0.15) is 0 Å². The molecule has 0 N–H and O–H groups in total. The number of para-hydroxylation sites is 4. The van der Waals surface area contributed by atoms with Crippen LogP contribution in [0.15, 0.2) is 70.9 Å². The van der Waals surface area contributed by atoms with E-state index in [-0.39, 0.29) is 0 Å². The quantitative estimate of drug-likeness (QED) is 0.413. The van der Waals surface area contributed by atoms with Crippen LogP contribution in [0.1, 0.15) is 11.4 Å². The highest BCUT2D eigenvalue weighted by molar-refractivity contribution is 5.83. The number of nitrogens with zero attached hydrogens (tertiary/aromatic N) is 6. The lowest BCUT2D eigenvalue weighted by molar-refractivity contribution is 0.982. The van der Waals surface area contributed by atoms with Crippen LogP contribution in [0.2, 0.25) is 0 Å². The van der Waals surface area contributed by atoms with Gasteiger partial charge in [-0.2, -0.15) is 0 Å². The standard InChI is InChI=1S/C20H16N6/c1-3-7-19-17(5-1)23-13-15(25-19)11-21-9-10-22-12-16-14-24-18-6-2-4-8-20(18)26-16/h1-8,11-14H,9-10H2. The maximum Gasteiger partial charge on any atom is 0.0998 e. The van der Waals surface area contributed by atoms with Crippen molar-refractivity contribution in [1.82, 2.24) is 19.9 Å². The lowest BCUT2D eigenvalue weighted by Gasteiger charge is -1.97. The number of rotatable bonds is 5. The van der Waals surface area contributed by atoms with Gasteiger partial charge in [0.2, 0.25) is 0 Å². The van der Waals surface area contributed by atoms with E-state index < -0.39 is 0 Å². The first-order valence-corrected chi connectivity index (χ1v) is 8.32. The molecule has 4 aromatic rings. The maximum absolute atomic E-state index is 4.50. The molecular weight excluding hydrogens is 324 g/mol. The highest BCUT2D eigenvalue weighted by Crippen LogP contribution is 2.08. The average Bonchev–Trinajstić information content (AvgIpc) is 2.70. The second kappa shape index (κ2) is 7.57. The van der Waals surface area contributed by atoms with Crippen LogP contribution < -0.4 is 0 Å². The van der Waals surface area contributed by atoms with Gasteiger partial charge in [-0.1, -0.05) is 24.3 Å². The predicted molar refractivity (Wildman–Crippen MR) is 104 cm³/mol. The van der Waals surface area contributed by atoms with Crippen LogP contribution in [0.5, 0.6) is 0 Å². The predicted octanol–water partition coefficient (Wildman–Crippen LogP) is 3.11. The summed E-state index contributed by atoms with van der Waals surface area (Å²) >= 11 is 0. The minimum atomic E-state index is 0.575. The van der Waals surface area contributed by atoms with E-state index in [2.05, 4.69) is 29.9 Å². The molecule has 0 aliphatic carbocycles. The second-order valence-corrected chi connectivity index (χ2v) is 5.64. The zero-order valence-corrected chi connectivity index (χ0v) is 14.0. The molecule has 6 nitrogen and oxygen atoms in total. The fraction of sp³-hybridized carbons (Fsp3) is 0.100. The smallest absolute Gasteiger partial charge is 0.0998 e. The van der Waals surface area contributed by atoms with Gasteiger partial charge in [0.05, 0.1) is 58.9 Å². The zero-order chi connectivity index (χ0) is 17.6. The molecule has 0 bridgehead atoms. The number of hydrogen-bond acceptors (Lipinski definition) is 6. The minimum absolute atomic E-state index is 0.575. The van der Waals surface area contributed by atoms with Gasteiger partial charge >= 0.3 is 0 Å². The molecular formula is C20H16N6. The summed E-state index contributed by atoms with van der Waals surface area (Å²) in [4.78, 5) is 26.4. The van der Waals surface area contributed by atoms with Crippen molar-refractivity contribution in [2.45, 2.75) is 0 Å². The normalized spacial score (nSPS) is 11.8. The van der Waals surface area contributed by atoms with Crippen LogP contribution in [-0.4, -0.2) is 45.5 Å². The molecule has 0 amide bonds. The number of aromatic nitrogens is 4. The zero-order valence-electron chi connectivity index (χ0n) is 14.0.